The van der Waals surface area contributed by atoms with E-state index in [-0.39, 0.29) is 12.1 Å². The zero-order chi connectivity index (χ0) is 17.2. The van der Waals surface area contributed by atoms with Crippen LogP contribution in [0.25, 0.3) is 0 Å². The molecule has 7 heteroatoms. The van der Waals surface area contributed by atoms with E-state index < -0.39 is 23.7 Å². The molecule has 3 atom stereocenters. The smallest absolute Gasteiger partial charge is 0.411 e. The standard InChI is InChI=1S/C16H28N2O5/c1-6-22-12-7-11-8-18(15(20)23-16(2,3)4)13(14(19)21-5)10-17(11)9-12/h11-13H,6-10H2,1-5H3/t11-,12+,13-/m0/s1. The summed E-state index contributed by atoms with van der Waals surface area (Å²) in [6.45, 7) is 9.79. The van der Waals surface area contributed by atoms with E-state index in [0.717, 1.165) is 13.0 Å². The molecule has 0 aromatic rings. The molecule has 7 nitrogen and oxygen atoms in total. The quantitative estimate of drug-likeness (QED) is 0.727. The normalized spacial score (nSPS) is 28.4. The van der Waals surface area contributed by atoms with Gasteiger partial charge in [0.05, 0.1) is 13.2 Å². The van der Waals surface area contributed by atoms with Crippen molar-refractivity contribution < 1.29 is 23.8 Å². The molecule has 2 aliphatic rings. The highest BCUT2D eigenvalue weighted by atomic mass is 16.6. The second-order valence-corrected chi connectivity index (χ2v) is 7.09. The van der Waals surface area contributed by atoms with Crippen LogP contribution in [0, 0.1) is 0 Å². The average molecular weight is 328 g/mol. The van der Waals surface area contributed by atoms with Gasteiger partial charge in [0.1, 0.15) is 11.6 Å². The zero-order valence-corrected chi connectivity index (χ0v) is 14.7. The Balaban J connectivity index is 2.12. The third kappa shape index (κ3) is 4.35. The maximum atomic E-state index is 12.5. The number of carbonyl (C=O) groups is 2. The van der Waals surface area contributed by atoms with Crippen LogP contribution in [0.4, 0.5) is 4.79 Å². The topological polar surface area (TPSA) is 68.3 Å². The van der Waals surface area contributed by atoms with Crippen molar-refractivity contribution in [2.24, 2.45) is 0 Å². The number of hydrogen-bond donors (Lipinski definition) is 0. The number of ether oxygens (including phenoxy) is 3. The van der Waals surface area contributed by atoms with Crippen molar-refractivity contribution in [3.05, 3.63) is 0 Å². The van der Waals surface area contributed by atoms with Crippen molar-refractivity contribution in [1.82, 2.24) is 9.80 Å². The first-order valence-corrected chi connectivity index (χ1v) is 8.18. The van der Waals surface area contributed by atoms with Crippen LogP contribution in [0.2, 0.25) is 0 Å². The molecule has 0 aromatic carbocycles. The molecular formula is C16H28N2O5. The van der Waals surface area contributed by atoms with Crippen LogP contribution in [-0.4, -0.2) is 79.0 Å². The number of esters is 1. The van der Waals surface area contributed by atoms with E-state index in [1.54, 1.807) is 0 Å². The van der Waals surface area contributed by atoms with Gasteiger partial charge >= 0.3 is 12.1 Å². The van der Waals surface area contributed by atoms with Crippen molar-refractivity contribution in [2.45, 2.75) is 57.9 Å². The molecule has 0 aliphatic carbocycles. The minimum absolute atomic E-state index is 0.155. The van der Waals surface area contributed by atoms with E-state index in [4.69, 9.17) is 14.2 Å². The Morgan fingerprint density at radius 3 is 2.43 bits per heavy atom. The number of hydrogen-bond acceptors (Lipinski definition) is 6. The number of nitrogens with zero attached hydrogens (tertiary/aromatic N) is 2. The first kappa shape index (κ1) is 18.0. The fraction of sp³-hybridized carbons (Fsp3) is 0.875. The van der Waals surface area contributed by atoms with Gasteiger partial charge in [-0.25, -0.2) is 9.59 Å². The summed E-state index contributed by atoms with van der Waals surface area (Å²) >= 11 is 0. The molecule has 0 unspecified atom stereocenters. The Morgan fingerprint density at radius 2 is 1.87 bits per heavy atom. The number of carbonyl (C=O) groups excluding carboxylic acids is 2. The Bertz CT molecular complexity index is 448. The van der Waals surface area contributed by atoms with Crippen molar-refractivity contribution >= 4 is 12.1 Å². The van der Waals surface area contributed by atoms with Gasteiger partial charge in [0.25, 0.3) is 0 Å². The van der Waals surface area contributed by atoms with Crippen LogP contribution < -0.4 is 0 Å². The SMILES string of the molecule is CCO[C@@H]1C[C@H]2CN(C(=O)OC(C)(C)C)[C@H](C(=O)OC)CN2C1. The van der Waals surface area contributed by atoms with E-state index in [1.165, 1.54) is 12.0 Å². The van der Waals surface area contributed by atoms with Crippen molar-refractivity contribution in [2.75, 3.05) is 33.4 Å². The molecule has 2 heterocycles. The Kier molecular flexibility index (Phi) is 5.52. The highest BCUT2D eigenvalue weighted by Crippen LogP contribution is 2.28. The fourth-order valence-electron chi connectivity index (χ4n) is 3.24. The van der Waals surface area contributed by atoms with Crippen LogP contribution in [0.5, 0.6) is 0 Å². The second-order valence-electron chi connectivity index (χ2n) is 7.09. The molecule has 2 fully saturated rings. The molecular weight excluding hydrogens is 300 g/mol. The minimum atomic E-state index is -0.633. The lowest BCUT2D eigenvalue weighted by Crippen LogP contribution is -2.61. The molecule has 0 spiro atoms. The van der Waals surface area contributed by atoms with Gasteiger partial charge in [-0.1, -0.05) is 0 Å². The second kappa shape index (κ2) is 7.05. The van der Waals surface area contributed by atoms with Crippen molar-refractivity contribution in [1.29, 1.82) is 0 Å². The number of piperazine rings is 1. The van der Waals surface area contributed by atoms with Gasteiger partial charge in [-0.2, -0.15) is 0 Å². The predicted molar refractivity (Wildman–Crippen MR) is 84.1 cm³/mol. The average Bonchev–Trinajstić information content (AvgIpc) is 2.85. The zero-order valence-electron chi connectivity index (χ0n) is 14.7. The fourth-order valence-corrected chi connectivity index (χ4v) is 3.24. The van der Waals surface area contributed by atoms with Crippen LogP contribution >= 0.6 is 0 Å². The lowest BCUT2D eigenvalue weighted by molar-refractivity contribution is -0.149. The third-order valence-corrected chi connectivity index (χ3v) is 4.18. The minimum Gasteiger partial charge on any atom is -0.467 e. The summed E-state index contributed by atoms with van der Waals surface area (Å²) in [4.78, 5) is 28.3. The van der Waals surface area contributed by atoms with E-state index in [1.807, 2.05) is 27.7 Å². The molecule has 0 N–H and O–H groups in total. The lowest BCUT2D eigenvalue weighted by Gasteiger charge is -2.42. The molecule has 0 aromatic heterocycles. The van der Waals surface area contributed by atoms with Crippen LogP contribution in [0.15, 0.2) is 0 Å². The van der Waals surface area contributed by atoms with Crippen LogP contribution in [-0.2, 0) is 19.0 Å². The molecule has 23 heavy (non-hydrogen) atoms. The molecule has 2 saturated heterocycles. The summed E-state index contributed by atoms with van der Waals surface area (Å²) in [5.41, 5.74) is -0.599. The maximum absolute atomic E-state index is 12.5. The highest BCUT2D eigenvalue weighted by molar-refractivity contribution is 5.82. The molecule has 1 amide bonds. The Labute approximate surface area is 137 Å². The molecule has 132 valence electrons. The van der Waals surface area contributed by atoms with Gasteiger partial charge in [0.15, 0.2) is 0 Å². The van der Waals surface area contributed by atoms with Gasteiger partial charge in [0, 0.05) is 32.3 Å². The van der Waals surface area contributed by atoms with Crippen LogP contribution in [0.3, 0.4) is 0 Å². The summed E-state index contributed by atoms with van der Waals surface area (Å²) in [5.74, 6) is -0.408. The highest BCUT2D eigenvalue weighted by Gasteiger charge is 2.46. The monoisotopic (exact) mass is 328 g/mol. The third-order valence-electron chi connectivity index (χ3n) is 4.18. The number of methoxy groups -OCH3 is 1. The molecule has 0 bridgehead atoms. The van der Waals surface area contributed by atoms with Gasteiger partial charge in [-0.05, 0) is 34.1 Å². The number of amides is 1. The summed E-state index contributed by atoms with van der Waals surface area (Å²) < 4.78 is 16.0. The summed E-state index contributed by atoms with van der Waals surface area (Å²) in [7, 11) is 1.34. The summed E-state index contributed by atoms with van der Waals surface area (Å²) in [6.07, 6.45) is 0.551. The predicted octanol–water partition coefficient (Wildman–Crippen LogP) is 1.26. The van der Waals surface area contributed by atoms with E-state index in [9.17, 15) is 9.59 Å². The molecule has 2 rings (SSSR count). The maximum Gasteiger partial charge on any atom is 0.411 e. The van der Waals surface area contributed by atoms with E-state index in [0.29, 0.717) is 19.7 Å². The van der Waals surface area contributed by atoms with Gasteiger partial charge in [-0.15, -0.1) is 0 Å². The van der Waals surface area contributed by atoms with Crippen molar-refractivity contribution in [3.63, 3.8) is 0 Å². The van der Waals surface area contributed by atoms with Crippen molar-refractivity contribution in [3.8, 4) is 0 Å². The van der Waals surface area contributed by atoms with E-state index in [2.05, 4.69) is 4.90 Å². The lowest BCUT2D eigenvalue weighted by atomic mass is 10.1. The van der Waals surface area contributed by atoms with Gasteiger partial charge < -0.3 is 14.2 Å². The van der Waals surface area contributed by atoms with Gasteiger partial charge in [-0.3, -0.25) is 9.80 Å². The first-order valence-electron chi connectivity index (χ1n) is 8.18. The molecule has 0 radical (unpaired) electrons. The van der Waals surface area contributed by atoms with E-state index >= 15 is 0 Å². The first-order chi connectivity index (χ1) is 10.7. The molecule has 0 saturated carbocycles. The Hall–Kier alpha value is -1.34. The summed E-state index contributed by atoms with van der Waals surface area (Å²) in [5, 5.41) is 0. The largest absolute Gasteiger partial charge is 0.467 e. The number of rotatable bonds is 3. The van der Waals surface area contributed by atoms with Crippen LogP contribution in [0.1, 0.15) is 34.1 Å². The molecule has 2 aliphatic heterocycles. The van der Waals surface area contributed by atoms with Gasteiger partial charge in [0.2, 0.25) is 0 Å². The number of fused-ring (bicyclic) bond motifs is 1. The Morgan fingerprint density at radius 1 is 1.17 bits per heavy atom. The summed E-state index contributed by atoms with van der Waals surface area (Å²) in [6, 6.07) is -0.438.